The van der Waals surface area contributed by atoms with Crippen LogP contribution in [0.15, 0.2) is 24.4 Å². The van der Waals surface area contributed by atoms with Crippen molar-refractivity contribution >= 4 is 11.7 Å². The van der Waals surface area contributed by atoms with Crippen molar-refractivity contribution < 1.29 is 4.79 Å². The Labute approximate surface area is 139 Å². The van der Waals surface area contributed by atoms with E-state index in [4.69, 9.17) is 0 Å². The van der Waals surface area contributed by atoms with Gasteiger partial charge in [-0.2, -0.15) is 0 Å². The van der Waals surface area contributed by atoms with Crippen molar-refractivity contribution in [3.63, 3.8) is 0 Å². The Hall–Kier alpha value is -1.62. The van der Waals surface area contributed by atoms with Crippen molar-refractivity contribution in [2.24, 2.45) is 0 Å². The SMILES string of the molecule is C[C@H](C(=O)NC1CCCCC1)N1CCN(c2ccccn2)CC1. The number of hydrogen-bond acceptors (Lipinski definition) is 4. The maximum Gasteiger partial charge on any atom is 0.237 e. The highest BCUT2D eigenvalue weighted by atomic mass is 16.2. The predicted octanol–water partition coefficient (Wildman–Crippen LogP) is 2.04. The minimum atomic E-state index is -0.0391. The Morgan fingerprint density at radius 2 is 1.91 bits per heavy atom. The van der Waals surface area contributed by atoms with E-state index >= 15 is 0 Å². The zero-order valence-corrected chi connectivity index (χ0v) is 14.1. The van der Waals surface area contributed by atoms with Crippen LogP contribution in [0.5, 0.6) is 0 Å². The van der Waals surface area contributed by atoms with Gasteiger partial charge in [-0.1, -0.05) is 25.3 Å². The molecule has 0 bridgehead atoms. The van der Waals surface area contributed by atoms with Crippen molar-refractivity contribution in [3.8, 4) is 0 Å². The second kappa shape index (κ2) is 7.77. The summed E-state index contributed by atoms with van der Waals surface area (Å²) in [6.07, 6.45) is 7.95. The molecule has 1 aromatic rings. The van der Waals surface area contributed by atoms with E-state index < -0.39 is 0 Å². The van der Waals surface area contributed by atoms with Crippen LogP contribution in [0, 0.1) is 0 Å². The van der Waals surface area contributed by atoms with Gasteiger partial charge in [-0.15, -0.1) is 0 Å². The molecule has 1 amide bonds. The summed E-state index contributed by atoms with van der Waals surface area (Å²) in [7, 11) is 0. The summed E-state index contributed by atoms with van der Waals surface area (Å²) < 4.78 is 0. The van der Waals surface area contributed by atoms with E-state index in [0.717, 1.165) is 44.8 Å². The molecule has 1 N–H and O–H groups in total. The summed E-state index contributed by atoms with van der Waals surface area (Å²) >= 11 is 0. The Morgan fingerprint density at radius 3 is 2.57 bits per heavy atom. The molecule has 0 radical (unpaired) electrons. The lowest BCUT2D eigenvalue weighted by molar-refractivity contribution is -0.127. The number of piperazine rings is 1. The third-order valence-electron chi connectivity index (χ3n) is 5.17. The van der Waals surface area contributed by atoms with E-state index in [1.807, 2.05) is 25.3 Å². The quantitative estimate of drug-likeness (QED) is 0.923. The van der Waals surface area contributed by atoms with Crippen molar-refractivity contribution in [2.45, 2.75) is 51.1 Å². The number of pyridine rings is 1. The molecule has 1 saturated heterocycles. The maximum atomic E-state index is 12.5. The smallest absolute Gasteiger partial charge is 0.237 e. The average molecular weight is 316 g/mol. The molecule has 2 fully saturated rings. The number of carbonyl (C=O) groups excluding carboxylic acids is 1. The number of hydrogen-bond donors (Lipinski definition) is 1. The minimum Gasteiger partial charge on any atom is -0.354 e. The fourth-order valence-corrected chi connectivity index (χ4v) is 3.61. The van der Waals surface area contributed by atoms with Gasteiger partial charge in [-0.05, 0) is 31.9 Å². The van der Waals surface area contributed by atoms with Crippen LogP contribution in [0.2, 0.25) is 0 Å². The lowest BCUT2D eigenvalue weighted by Crippen LogP contribution is -2.55. The van der Waals surface area contributed by atoms with Gasteiger partial charge in [0.25, 0.3) is 0 Å². The number of nitrogens with zero attached hydrogens (tertiary/aromatic N) is 3. The van der Waals surface area contributed by atoms with Gasteiger partial charge in [-0.25, -0.2) is 4.98 Å². The van der Waals surface area contributed by atoms with Crippen LogP contribution in [-0.4, -0.2) is 54.1 Å². The second-order valence-electron chi connectivity index (χ2n) is 6.73. The van der Waals surface area contributed by atoms with Crippen molar-refractivity contribution in [1.82, 2.24) is 15.2 Å². The van der Waals surface area contributed by atoms with E-state index in [2.05, 4.69) is 26.2 Å². The van der Waals surface area contributed by atoms with Crippen molar-refractivity contribution in [2.75, 3.05) is 31.1 Å². The summed E-state index contributed by atoms with van der Waals surface area (Å²) in [6.45, 7) is 5.72. The molecule has 2 heterocycles. The number of rotatable bonds is 4. The zero-order valence-electron chi connectivity index (χ0n) is 14.1. The molecule has 2 aliphatic rings. The standard InChI is InChI=1S/C18H28N4O/c1-15(18(23)20-16-7-3-2-4-8-16)21-11-13-22(14-12-21)17-9-5-6-10-19-17/h5-6,9-10,15-16H,2-4,7-8,11-14H2,1H3,(H,20,23)/t15-/m1/s1. The Kier molecular flexibility index (Phi) is 5.49. The third kappa shape index (κ3) is 4.22. The number of nitrogens with one attached hydrogen (secondary N) is 1. The molecule has 1 aliphatic heterocycles. The Bertz CT molecular complexity index is 493. The van der Waals surface area contributed by atoms with Crippen LogP contribution in [0.4, 0.5) is 5.82 Å². The summed E-state index contributed by atoms with van der Waals surface area (Å²) in [5.41, 5.74) is 0. The number of carbonyl (C=O) groups is 1. The molecule has 3 rings (SSSR count). The van der Waals surface area contributed by atoms with Gasteiger partial charge >= 0.3 is 0 Å². The first-order valence-corrected chi connectivity index (χ1v) is 8.94. The summed E-state index contributed by atoms with van der Waals surface area (Å²) in [6, 6.07) is 6.37. The molecule has 0 spiro atoms. The Balaban J connectivity index is 1.47. The summed E-state index contributed by atoms with van der Waals surface area (Å²) in [5, 5.41) is 3.25. The molecule has 23 heavy (non-hydrogen) atoms. The number of aromatic nitrogens is 1. The normalized spacial score (nSPS) is 21.9. The molecule has 5 nitrogen and oxygen atoms in total. The summed E-state index contributed by atoms with van der Waals surface area (Å²) in [5.74, 6) is 1.23. The molecule has 0 unspecified atom stereocenters. The molecule has 1 saturated carbocycles. The van der Waals surface area contributed by atoms with Crippen LogP contribution in [-0.2, 0) is 4.79 Å². The van der Waals surface area contributed by atoms with Gasteiger partial charge in [0.2, 0.25) is 5.91 Å². The number of anilines is 1. The van der Waals surface area contributed by atoms with Crippen LogP contribution in [0.1, 0.15) is 39.0 Å². The largest absolute Gasteiger partial charge is 0.354 e. The summed E-state index contributed by atoms with van der Waals surface area (Å²) in [4.78, 5) is 21.5. The van der Waals surface area contributed by atoms with Crippen LogP contribution in [0.25, 0.3) is 0 Å². The lowest BCUT2D eigenvalue weighted by atomic mass is 9.95. The predicted molar refractivity (Wildman–Crippen MR) is 92.5 cm³/mol. The third-order valence-corrected chi connectivity index (χ3v) is 5.17. The van der Waals surface area contributed by atoms with Crippen LogP contribution in [0.3, 0.4) is 0 Å². The van der Waals surface area contributed by atoms with Gasteiger partial charge in [0.05, 0.1) is 6.04 Å². The molecule has 1 atom stereocenters. The molecule has 1 aromatic heterocycles. The van der Waals surface area contributed by atoms with E-state index in [1.54, 1.807) is 0 Å². The monoisotopic (exact) mass is 316 g/mol. The fraction of sp³-hybridized carbons (Fsp3) is 0.667. The van der Waals surface area contributed by atoms with Crippen molar-refractivity contribution in [1.29, 1.82) is 0 Å². The molecule has 5 heteroatoms. The first kappa shape index (κ1) is 16.2. The molecule has 126 valence electrons. The first-order valence-electron chi connectivity index (χ1n) is 8.94. The highest BCUT2D eigenvalue weighted by Gasteiger charge is 2.27. The van der Waals surface area contributed by atoms with E-state index in [9.17, 15) is 4.79 Å². The molecule has 0 aromatic carbocycles. The Morgan fingerprint density at radius 1 is 1.17 bits per heavy atom. The fourth-order valence-electron chi connectivity index (χ4n) is 3.61. The number of amides is 1. The topological polar surface area (TPSA) is 48.5 Å². The maximum absolute atomic E-state index is 12.5. The van der Waals surface area contributed by atoms with Gasteiger partial charge < -0.3 is 10.2 Å². The minimum absolute atomic E-state index is 0.0391. The van der Waals surface area contributed by atoms with Gasteiger partial charge in [0.15, 0.2) is 0 Å². The highest BCUT2D eigenvalue weighted by molar-refractivity contribution is 5.81. The average Bonchev–Trinajstić information content (AvgIpc) is 2.63. The zero-order chi connectivity index (χ0) is 16.1. The first-order chi connectivity index (χ1) is 11.2. The molecular formula is C18H28N4O. The lowest BCUT2D eigenvalue weighted by Gasteiger charge is -2.38. The van der Waals surface area contributed by atoms with E-state index in [-0.39, 0.29) is 11.9 Å². The molecular weight excluding hydrogens is 288 g/mol. The van der Waals surface area contributed by atoms with E-state index in [0.29, 0.717) is 6.04 Å². The molecule has 1 aliphatic carbocycles. The van der Waals surface area contributed by atoms with Crippen LogP contribution < -0.4 is 10.2 Å². The highest BCUT2D eigenvalue weighted by Crippen LogP contribution is 2.18. The van der Waals surface area contributed by atoms with Gasteiger partial charge in [-0.3, -0.25) is 9.69 Å². The van der Waals surface area contributed by atoms with Gasteiger partial charge in [0, 0.05) is 38.4 Å². The van der Waals surface area contributed by atoms with Crippen molar-refractivity contribution in [3.05, 3.63) is 24.4 Å². The van der Waals surface area contributed by atoms with Crippen LogP contribution >= 0.6 is 0 Å². The second-order valence-corrected chi connectivity index (χ2v) is 6.73. The van der Waals surface area contributed by atoms with Gasteiger partial charge in [0.1, 0.15) is 5.82 Å². The van der Waals surface area contributed by atoms with E-state index in [1.165, 1.54) is 19.3 Å².